The van der Waals surface area contributed by atoms with Crippen molar-refractivity contribution in [2.24, 2.45) is 0 Å². The maximum absolute atomic E-state index is 12.6. The molecule has 1 rings (SSSR count). The Labute approximate surface area is 125 Å². The molecule has 0 saturated carbocycles. The van der Waals surface area contributed by atoms with Gasteiger partial charge >= 0.3 is 0 Å². The summed E-state index contributed by atoms with van der Waals surface area (Å²) in [5.41, 5.74) is 1.88. The Hall–Kier alpha value is -0.830. The molecule has 0 heterocycles. The minimum Gasteiger partial charge on any atom is -0.336 e. The molecule has 0 saturated heterocycles. The number of benzene rings is 1. The van der Waals surface area contributed by atoms with E-state index in [0.29, 0.717) is 0 Å². The van der Waals surface area contributed by atoms with E-state index >= 15 is 0 Å². The summed E-state index contributed by atoms with van der Waals surface area (Å²) in [4.78, 5) is 14.5. The van der Waals surface area contributed by atoms with Crippen molar-refractivity contribution in [3.63, 3.8) is 0 Å². The van der Waals surface area contributed by atoms with Crippen LogP contribution in [0.15, 0.2) is 22.7 Å². The van der Waals surface area contributed by atoms with Gasteiger partial charge in [0.1, 0.15) is 0 Å². The number of aryl methyl sites for hydroxylation is 1. The third-order valence-corrected chi connectivity index (χ3v) is 4.18. The van der Waals surface area contributed by atoms with Gasteiger partial charge in [0.2, 0.25) is 0 Å². The maximum atomic E-state index is 12.6. The summed E-state index contributed by atoms with van der Waals surface area (Å²) < 4.78 is 1.05. The Balaban J connectivity index is 2.83. The van der Waals surface area contributed by atoms with Gasteiger partial charge in [-0.05, 0) is 51.0 Å². The van der Waals surface area contributed by atoms with Crippen molar-refractivity contribution in [3.05, 3.63) is 33.8 Å². The molecule has 0 bridgehead atoms. The Bertz CT molecular complexity index is 429. The van der Waals surface area contributed by atoms with Crippen LogP contribution in [0.25, 0.3) is 0 Å². The average Bonchev–Trinajstić information content (AvgIpc) is 2.37. The number of halogens is 1. The first-order valence-electron chi connectivity index (χ1n) is 7.04. The van der Waals surface area contributed by atoms with Crippen molar-refractivity contribution >= 4 is 21.8 Å². The van der Waals surface area contributed by atoms with E-state index in [1.165, 1.54) is 12.8 Å². The van der Waals surface area contributed by atoms with Gasteiger partial charge in [-0.25, -0.2) is 0 Å². The molecule has 3 heteroatoms. The van der Waals surface area contributed by atoms with Gasteiger partial charge < -0.3 is 4.90 Å². The fraction of sp³-hybridized carbons (Fsp3) is 0.562. The molecule has 0 spiro atoms. The van der Waals surface area contributed by atoms with Gasteiger partial charge in [0, 0.05) is 22.6 Å². The van der Waals surface area contributed by atoms with Crippen LogP contribution in [-0.4, -0.2) is 23.4 Å². The molecule has 0 aliphatic heterocycles. The van der Waals surface area contributed by atoms with E-state index in [0.717, 1.165) is 28.6 Å². The molecule has 0 radical (unpaired) electrons. The number of unbranched alkanes of at least 4 members (excludes halogenated alkanes) is 2. The van der Waals surface area contributed by atoms with E-state index in [9.17, 15) is 4.79 Å². The van der Waals surface area contributed by atoms with Crippen LogP contribution in [0.1, 0.15) is 56.0 Å². The number of carbonyl (C=O) groups excluding carboxylic acids is 1. The van der Waals surface area contributed by atoms with Crippen LogP contribution >= 0.6 is 15.9 Å². The Kier molecular flexibility index (Phi) is 6.56. The molecule has 106 valence electrons. The van der Waals surface area contributed by atoms with Crippen LogP contribution in [0, 0.1) is 6.92 Å². The van der Waals surface area contributed by atoms with Crippen molar-refractivity contribution in [3.8, 4) is 0 Å². The fourth-order valence-corrected chi connectivity index (χ4v) is 2.32. The normalized spacial score (nSPS) is 10.8. The molecule has 0 aromatic heterocycles. The first-order chi connectivity index (χ1) is 8.97. The highest BCUT2D eigenvalue weighted by molar-refractivity contribution is 9.10. The van der Waals surface area contributed by atoms with Crippen molar-refractivity contribution in [1.82, 2.24) is 4.90 Å². The lowest BCUT2D eigenvalue weighted by Crippen LogP contribution is -2.37. The molecular formula is C16H24BrNO. The molecule has 1 aromatic carbocycles. The van der Waals surface area contributed by atoms with Crippen molar-refractivity contribution < 1.29 is 4.79 Å². The third-order valence-electron chi connectivity index (χ3n) is 3.29. The molecule has 1 amide bonds. The summed E-state index contributed by atoms with van der Waals surface area (Å²) in [6.45, 7) is 9.20. The summed E-state index contributed by atoms with van der Waals surface area (Å²) in [6.07, 6.45) is 3.43. The molecule has 0 atom stereocenters. The molecule has 0 N–H and O–H groups in total. The van der Waals surface area contributed by atoms with E-state index in [4.69, 9.17) is 0 Å². The van der Waals surface area contributed by atoms with Crippen LogP contribution in [0.3, 0.4) is 0 Å². The summed E-state index contributed by atoms with van der Waals surface area (Å²) in [6, 6.07) is 6.05. The second kappa shape index (κ2) is 7.68. The Morgan fingerprint density at radius 3 is 2.53 bits per heavy atom. The Morgan fingerprint density at radius 2 is 2.00 bits per heavy atom. The van der Waals surface area contributed by atoms with Gasteiger partial charge in [0.15, 0.2) is 0 Å². The van der Waals surface area contributed by atoms with Crippen LogP contribution in [0.2, 0.25) is 0 Å². The molecule has 1 aromatic rings. The summed E-state index contributed by atoms with van der Waals surface area (Å²) in [5.74, 6) is 0.140. The maximum Gasteiger partial charge on any atom is 0.254 e. The molecule has 0 aliphatic rings. The van der Waals surface area contributed by atoms with E-state index in [2.05, 4.69) is 36.7 Å². The number of hydrogen-bond donors (Lipinski definition) is 0. The van der Waals surface area contributed by atoms with E-state index < -0.39 is 0 Å². The Morgan fingerprint density at radius 1 is 1.32 bits per heavy atom. The van der Waals surface area contributed by atoms with Crippen molar-refractivity contribution in [1.29, 1.82) is 0 Å². The van der Waals surface area contributed by atoms with Crippen LogP contribution in [0.4, 0.5) is 0 Å². The second-order valence-corrected chi connectivity index (χ2v) is 6.12. The van der Waals surface area contributed by atoms with Gasteiger partial charge in [-0.3, -0.25) is 4.79 Å². The lowest BCUT2D eigenvalue weighted by molar-refractivity contribution is 0.0702. The average molecular weight is 326 g/mol. The topological polar surface area (TPSA) is 20.3 Å². The molecule has 0 fully saturated rings. The van der Waals surface area contributed by atoms with Gasteiger partial charge in [0.25, 0.3) is 5.91 Å². The highest BCUT2D eigenvalue weighted by Crippen LogP contribution is 2.19. The van der Waals surface area contributed by atoms with Crippen LogP contribution in [0.5, 0.6) is 0 Å². The first kappa shape index (κ1) is 16.2. The summed E-state index contributed by atoms with van der Waals surface area (Å²) in [5, 5.41) is 0. The van der Waals surface area contributed by atoms with E-state index in [1.807, 2.05) is 30.0 Å². The highest BCUT2D eigenvalue weighted by atomic mass is 79.9. The van der Waals surface area contributed by atoms with Crippen LogP contribution in [-0.2, 0) is 0 Å². The van der Waals surface area contributed by atoms with Gasteiger partial charge in [-0.2, -0.15) is 0 Å². The first-order valence-corrected chi connectivity index (χ1v) is 7.83. The van der Waals surface area contributed by atoms with E-state index in [-0.39, 0.29) is 11.9 Å². The van der Waals surface area contributed by atoms with Crippen molar-refractivity contribution in [2.45, 2.75) is 53.0 Å². The quantitative estimate of drug-likeness (QED) is 0.688. The van der Waals surface area contributed by atoms with Gasteiger partial charge in [-0.1, -0.05) is 35.7 Å². The number of carbonyl (C=O) groups is 1. The van der Waals surface area contributed by atoms with Gasteiger partial charge in [-0.15, -0.1) is 0 Å². The predicted molar refractivity (Wildman–Crippen MR) is 84.6 cm³/mol. The lowest BCUT2D eigenvalue weighted by Gasteiger charge is -2.27. The van der Waals surface area contributed by atoms with E-state index in [1.54, 1.807) is 0 Å². The number of hydrogen-bond acceptors (Lipinski definition) is 1. The summed E-state index contributed by atoms with van der Waals surface area (Å²) in [7, 11) is 0. The molecule has 0 unspecified atom stereocenters. The lowest BCUT2D eigenvalue weighted by atomic mass is 10.1. The molecule has 2 nitrogen and oxygen atoms in total. The number of nitrogens with zero attached hydrogens (tertiary/aromatic N) is 1. The van der Waals surface area contributed by atoms with Crippen molar-refractivity contribution in [2.75, 3.05) is 6.54 Å². The molecule has 0 aliphatic carbocycles. The minimum absolute atomic E-state index is 0.140. The highest BCUT2D eigenvalue weighted by Gasteiger charge is 2.18. The van der Waals surface area contributed by atoms with Gasteiger partial charge in [0.05, 0.1) is 0 Å². The fourth-order valence-electron chi connectivity index (χ4n) is 2.07. The SMILES string of the molecule is CCCCCN(C(=O)c1ccc(Br)c(C)c1)C(C)C. The molecule has 19 heavy (non-hydrogen) atoms. The number of rotatable bonds is 6. The summed E-state index contributed by atoms with van der Waals surface area (Å²) >= 11 is 3.47. The zero-order chi connectivity index (χ0) is 14.4. The largest absolute Gasteiger partial charge is 0.336 e. The number of amides is 1. The monoisotopic (exact) mass is 325 g/mol. The molecular weight excluding hydrogens is 302 g/mol. The minimum atomic E-state index is 0.140. The standard InChI is InChI=1S/C16H24BrNO/c1-5-6-7-10-18(12(2)3)16(19)14-8-9-15(17)13(4)11-14/h8-9,11-12H,5-7,10H2,1-4H3. The smallest absolute Gasteiger partial charge is 0.254 e. The zero-order valence-corrected chi connectivity index (χ0v) is 14.0. The second-order valence-electron chi connectivity index (χ2n) is 5.26. The zero-order valence-electron chi connectivity index (χ0n) is 12.4. The third kappa shape index (κ3) is 4.64. The van der Waals surface area contributed by atoms with Crippen LogP contribution < -0.4 is 0 Å². The predicted octanol–water partition coefficient (Wildman–Crippen LogP) is 4.80.